The van der Waals surface area contributed by atoms with Crippen molar-refractivity contribution in [1.29, 1.82) is 0 Å². The van der Waals surface area contributed by atoms with Gasteiger partial charge in [-0.05, 0) is 29.8 Å². The number of hydrogen-bond acceptors (Lipinski definition) is 3. The van der Waals surface area contributed by atoms with Crippen LogP contribution in [0.2, 0.25) is 5.02 Å². The molecule has 0 fully saturated rings. The lowest BCUT2D eigenvalue weighted by molar-refractivity contribution is -0.384. The van der Waals surface area contributed by atoms with Crippen molar-refractivity contribution in [1.82, 2.24) is 0 Å². The van der Waals surface area contributed by atoms with Gasteiger partial charge in [0.05, 0.1) is 18.1 Å². The molecule has 2 rings (SSSR count). The van der Waals surface area contributed by atoms with Gasteiger partial charge in [0.1, 0.15) is 5.82 Å². The summed E-state index contributed by atoms with van der Waals surface area (Å²) in [6, 6.07) is 10.4. The standard InChI is InChI=1S/C14H11ClFNO3/c15-12-4-3-11(14(16)7-12)9-20-8-10-1-5-13(6-2-10)17(18)19/h1-7H,8-9H2. The maximum atomic E-state index is 13.5. The van der Waals surface area contributed by atoms with Crippen LogP contribution in [-0.2, 0) is 18.0 Å². The molecule has 2 aromatic carbocycles. The van der Waals surface area contributed by atoms with E-state index in [4.69, 9.17) is 16.3 Å². The second-order valence-electron chi connectivity index (χ2n) is 4.15. The molecule has 0 spiro atoms. The second-order valence-corrected chi connectivity index (χ2v) is 4.59. The maximum absolute atomic E-state index is 13.5. The minimum Gasteiger partial charge on any atom is -0.372 e. The summed E-state index contributed by atoms with van der Waals surface area (Å²) in [5, 5.41) is 10.8. The van der Waals surface area contributed by atoms with Crippen molar-refractivity contribution < 1.29 is 14.1 Å². The van der Waals surface area contributed by atoms with Crippen molar-refractivity contribution in [3.8, 4) is 0 Å². The average Bonchev–Trinajstić information content (AvgIpc) is 2.42. The molecule has 0 saturated carbocycles. The van der Waals surface area contributed by atoms with Crippen LogP contribution in [0.15, 0.2) is 42.5 Å². The Hall–Kier alpha value is -1.98. The predicted octanol–water partition coefficient (Wildman–Crippen LogP) is 4.10. The molecule has 0 bridgehead atoms. The average molecular weight is 296 g/mol. The van der Waals surface area contributed by atoms with E-state index in [2.05, 4.69) is 0 Å². The fraction of sp³-hybridized carbons (Fsp3) is 0.143. The highest BCUT2D eigenvalue weighted by Crippen LogP contribution is 2.17. The Kier molecular flexibility index (Phi) is 4.65. The van der Waals surface area contributed by atoms with Gasteiger partial charge in [0.15, 0.2) is 0 Å². The molecule has 4 nitrogen and oxygen atoms in total. The topological polar surface area (TPSA) is 52.4 Å². The number of nitro groups is 1. The zero-order valence-electron chi connectivity index (χ0n) is 10.4. The molecule has 2 aromatic rings. The van der Waals surface area contributed by atoms with Gasteiger partial charge in [-0.3, -0.25) is 10.1 Å². The molecule has 0 amide bonds. The summed E-state index contributed by atoms with van der Waals surface area (Å²) in [6.45, 7) is 0.361. The van der Waals surface area contributed by atoms with Crippen molar-refractivity contribution in [2.45, 2.75) is 13.2 Å². The molecule has 0 unspecified atom stereocenters. The molecule has 20 heavy (non-hydrogen) atoms. The number of benzene rings is 2. The highest BCUT2D eigenvalue weighted by atomic mass is 35.5. The van der Waals surface area contributed by atoms with Crippen LogP contribution < -0.4 is 0 Å². The molecule has 0 saturated heterocycles. The van der Waals surface area contributed by atoms with Crippen LogP contribution in [0.1, 0.15) is 11.1 Å². The number of rotatable bonds is 5. The first-order valence-corrected chi connectivity index (χ1v) is 6.19. The molecular weight excluding hydrogens is 285 g/mol. The zero-order valence-corrected chi connectivity index (χ0v) is 11.1. The molecule has 0 heterocycles. The van der Waals surface area contributed by atoms with Crippen molar-refractivity contribution >= 4 is 17.3 Å². The van der Waals surface area contributed by atoms with Gasteiger partial charge in [-0.1, -0.05) is 17.7 Å². The highest BCUT2D eigenvalue weighted by molar-refractivity contribution is 6.30. The van der Waals surface area contributed by atoms with Gasteiger partial charge in [-0.15, -0.1) is 0 Å². The fourth-order valence-electron chi connectivity index (χ4n) is 1.63. The molecule has 0 atom stereocenters. The number of nitrogens with zero attached hydrogens (tertiary/aromatic N) is 1. The third kappa shape index (κ3) is 3.76. The van der Waals surface area contributed by atoms with E-state index in [9.17, 15) is 14.5 Å². The lowest BCUT2D eigenvalue weighted by Gasteiger charge is -2.06. The largest absolute Gasteiger partial charge is 0.372 e. The smallest absolute Gasteiger partial charge is 0.269 e. The second kappa shape index (κ2) is 6.45. The van der Waals surface area contributed by atoms with Crippen LogP contribution in [-0.4, -0.2) is 4.92 Å². The lowest BCUT2D eigenvalue weighted by Crippen LogP contribution is -1.97. The van der Waals surface area contributed by atoms with Crippen molar-refractivity contribution in [3.63, 3.8) is 0 Å². The lowest BCUT2D eigenvalue weighted by atomic mass is 10.2. The van der Waals surface area contributed by atoms with Crippen LogP contribution in [0.5, 0.6) is 0 Å². The van der Waals surface area contributed by atoms with E-state index in [1.807, 2.05) is 0 Å². The van der Waals surface area contributed by atoms with Crippen LogP contribution >= 0.6 is 11.6 Å². The van der Waals surface area contributed by atoms with Crippen LogP contribution in [0.4, 0.5) is 10.1 Å². The Labute approximate surface area is 119 Å². The van der Waals surface area contributed by atoms with Gasteiger partial charge < -0.3 is 4.74 Å². The first-order valence-electron chi connectivity index (χ1n) is 5.81. The predicted molar refractivity (Wildman–Crippen MR) is 73.0 cm³/mol. The normalized spacial score (nSPS) is 10.5. The van der Waals surface area contributed by atoms with Crippen LogP contribution in [0.25, 0.3) is 0 Å². The monoisotopic (exact) mass is 295 g/mol. The summed E-state index contributed by atoms with van der Waals surface area (Å²) in [6.07, 6.45) is 0. The molecule has 0 aliphatic carbocycles. The van der Waals surface area contributed by atoms with Gasteiger partial charge >= 0.3 is 0 Å². The number of non-ortho nitro benzene ring substituents is 1. The Bertz CT molecular complexity index is 616. The van der Waals surface area contributed by atoms with E-state index in [0.717, 1.165) is 5.56 Å². The Morgan fingerprint density at radius 2 is 1.85 bits per heavy atom. The Morgan fingerprint density at radius 3 is 2.45 bits per heavy atom. The zero-order chi connectivity index (χ0) is 14.5. The van der Waals surface area contributed by atoms with Crippen molar-refractivity contribution in [3.05, 3.63) is 74.5 Å². The van der Waals surface area contributed by atoms with Crippen LogP contribution in [0.3, 0.4) is 0 Å². The fourth-order valence-corrected chi connectivity index (χ4v) is 1.79. The summed E-state index contributed by atoms with van der Waals surface area (Å²) in [5.41, 5.74) is 1.22. The first kappa shape index (κ1) is 14.4. The van der Waals surface area contributed by atoms with Gasteiger partial charge in [-0.25, -0.2) is 4.39 Å². The molecule has 0 N–H and O–H groups in total. The van der Waals surface area contributed by atoms with E-state index in [0.29, 0.717) is 10.6 Å². The summed E-state index contributed by atoms with van der Waals surface area (Å²) >= 11 is 5.65. The maximum Gasteiger partial charge on any atom is 0.269 e. The van der Waals surface area contributed by atoms with Crippen LogP contribution in [0, 0.1) is 15.9 Å². The Morgan fingerprint density at radius 1 is 1.15 bits per heavy atom. The van der Waals surface area contributed by atoms with Gasteiger partial charge in [0.25, 0.3) is 5.69 Å². The number of hydrogen-bond donors (Lipinski definition) is 0. The minimum absolute atomic E-state index is 0.0255. The summed E-state index contributed by atoms with van der Waals surface area (Å²) in [7, 11) is 0. The molecule has 0 aliphatic heterocycles. The van der Waals surface area contributed by atoms with Gasteiger partial charge in [0.2, 0.25) is 0 Å². The summed E-state index contributed by atoms with van der Waals surface area (Å²) < 4.78 is 18.9. The Balaban J connectivity index is 1.91. The van der Waals surface area contributed by atoms with E-state index < -0.39 is 10.7 Å². The summed E-state index contributed by atoms with van der Waals surface area (Å²) in [4.78, 5) is 10.0. The molecule has 104 valence electrons. The molecule has 0 radical (unpaired) electrons. The van der Waals surface area contributed by atoms with E-state index >= 15 is 0 Å². The number of nitro benzene ring substituents is 1. The van der Waals surface area contributed by atoms with Crippen molar-refractivity contribution in [2.24, 2.45) is 0 Å². The number of halogens is 2. The van der Waals surface area contributed by atoms with Gasteiger partial charge in [0, 0.05) is 22.7 Å². The molecule has 0 aromatic heterocycles. The third-order valence-corrected chi connectivity index (χ3v) is 2.92. The minimum atomic E-state index is -0.465. The van der Waals surface area contributed by atoms with E-state index in [1.54, 1.807) is 24.3 Å². The quantitative estimate of drug-likeness (QED) is 0.616. The third-order valence-electron chi connectivity index (χ3n) is 2.69. The highest BCUT2D eigenvalue weighted by Gasteiger charge is 2.05. The van der Waals surface area contributed by atoms with Crippen molar-refractivity contribution in [2.75, 3.05) is 0 Å². The van der Waals surface area contributed by atoms with E-state index in [1.165, 1.54) is 18.2 Å². The summed E-state index contributed by atoms with van der Waals surface area (Å²) in [5.74, 6) is -0.416. The van der Waals surface area contributed by atoms with E-state index in [-0.39, 0.29) is 18.9 Å². The molecular formula is C14H11ClFNO3. The molecule has 0 aliphatic rings. The first-order chi connectivity index (χ1) is 9.56. The molecule has 6 heteroatoms. The van der Waals surface area contributed by atoms with Gasteiger partial charge in [-0.2, -0.15) is 0 Å². The SMILES string of the molecule is O=[N+]([O-])c1ccc(COCc2ccc(Cl)cc2F)cc1. The number of ether oxygens (including phenoxy) is 1.